The lowest BCUT2D eigenvalue weighted by atomic mass is 9.89. The third-order valence-corrected chi connectivity index (χ3v) is 6.08. The van der Waals surface area contributed by atoms with Crippen LogP contribution < -0.4 is 4.72 Å². The van der Waals surface area contributed by atoms with Crippen molar-refractivity contribution >= 4 is 26.0 Å². The average molecular weight is 312 g/mol. The van der Waals surface area contributed by atoms with Crippen molar-refractivity contribution in [2.45, 2.75) is 56.0 Å². The molecule has 0 bridgehead atoms. The molecule has 1 N–H and O–H groups in total. The predicted octanol–water partition coefficient (Wildman–Crippen LogP) is 2.66. The Labute approximate surface area is 108 Å². The van der Waals surface area contributed by atoms with Crippen LogP contribution in [0.15, 0.2) is 0 Å². The molecule has 0 aliphatic heterocycles. The molecule has 2 atom stereocenters. The van der Waals surface area contributed by atoms with Crippen LogP contribution in [-0.4, -0.2) is 24.5 Å². The molecule has 2 unspecified atom stereocenters. The molecule has 1 saturated carbocycles. The van der Waals surface area contributed by atoms with Gasteiger partial charge in [0.05, 0.1) is 4.75 Å². The maximum atomic E-state index is 11.9. The van der Waals surface area contributed by atoms with E-state index < -0.39 is 14.8 Å². The number of sulfonamides is 1. The summed E-state index contributed by atoms with van der Waals surface area (Å²) in [5, 5.41) is 0. The standard InChI is InChI=1S/C11H22BrNO2S/c1-11(2,3)16(14,15)13-8-9-5-4-6-10(12)7-9/h9-10,13H,4-8H2,1-3H3. The van der Waals surface area contributed by atoms with Crippen molar-refractivity contribution < 1.29 is 8.42 Å². The summed E-state index contributed by atoms with van der Waals surface area (Å²) in [6.45, 7) is 5.76. The van der Waals surface area contributed by atoms with Crippen molar-refractivity contribution in [2.24, 2.45) is 5.92 Å². The molecule has 0 saturated heterocycles. The van der Waals surface area contributed by atoms with Gasteiger partial charge < -0.3 is 0 Å². The van der Waals surface area contributed by atoms with Gasteiger partial charge in [-0.15, -0.1) is 0 Å². The molecular formula is C11H22BrNO2S. The second-order valence-electron chi connectivity index (χ2n) is 5.59. The SMILES string of the molecule is CC(C)(C)S(=O)(=O)NCC1CCCC(Br)C1. The van der Waals surface area contributed by atoms with Crippen LogP contribution in [0.25, 0.3) is 0 Å². The molecule has 0 spiro atoms. The van der Waals surface area contributed by atoms with Gasteiger partial charge in [-0.05, 0) is 46.0 Å². The van der Waals surface area contributed by atoms with Crippen LogP contribution in [0, 0.1) is 5.92 Å². The molecule has 0 heterocycles. The fourth-order valence-corrected chi connectivity index (χ4v) is 3.60. The molecule has 0 aromatic heterocycles. The van der Waals surface area contributed by atoms with E-state index in [-0.39, 0.29) is 0 Å². The van der Waals surface area contributed by atoms with Crippen LogP contribution in [0.3, 0.4) is 0 Å². The number of rotatable bonds is 3. The van der Waals surface area contributed by atoms with Crippen LogP contribution in [0.1, 0.15) is 46.5 Å². The maximum Gasteiger partial charge on any atom is 0.216 e. The Hall–Kier alpha value is 0.390. The molecule has 16 heavy (non-hydrogen) atoms. The minimum atomic E-state index is -3.18. The average Bonchev–Trinajstić information content (AvgIpc) is 2.13. The largest absolute Gasteiger partial charge is 0.216 e. The normalized spacial score (nSPS) is 28.0. The lowest BCUT2D eigenvalue weighted by Crippen LogP contribution is -2.42. The smallest absolute Gasteiger partial charge is 0.215 e. The molecular weight excluding hydrogens is 290 g/mol. The summed E-state index contributed by atoms with van der Waals surface area (Å²) in [7, 11) is -3.18. The Morgan fingerprint density at radius 2 is 1.94 bits per heavy atom. The minimum absolute atomic E-state index is 0.482. The molecule has 0 aromatic rings. The van der Waals surface area contributed by atoms with Crippen molar-refractivity contribution in [3.8, 4) is 0 Å². The van der Waals surface area contributed by atoms with E-state index in [9.17, 15) is 8.42 Å². The van der Waals surface area contributed by atoms with Gasteiger partial charge in [0.2, 0.25) is 10.0 Å². The highest BCUT2D eigenvalue weighted by Crippen LogP contribution is 2.28. The highest BCUT2D eigenvalue weighted by Gasteiger charge is 2.30. The van der Waals surface area contributed by atoms with E-state index in [1.165, 1.54) is 12.8 Å². The minimum Gasteiger partial charge on any atom is -0.215 e. The van der Waals surface area contributed by atoms with E-state index >= 15 is 0 Å². The first-order valence-corrected chi connectivity index (χ1v) is 8.25. The molecule has 0 amide bonds. The molecule has 1 rings (SSSR count). The van der Waals surface area contributed by atoms with E-state index in [1.807, 2.05) is 0 Å². The third-order valence-electron chi connectivity index (χ3n) is 3.09. The molecule has 0 radical (unpaired) electrons. The van der Waals surface area contributed by atoms with Crippen LogP contribution >= 0.6 is 15.9 Å². The zero-order valence-electron chi connectivity index (χ0n) is 10.3. The van der Waals surface area contributed by atoms with Crippen molar-refractivity contribution in [1.29, 1.82) is 0 Å². The van der Waals surface area contributed by atoms with Crippen LogP contribution in [0.4, 0.5) is 0 Å². The van der Waals surface area contributed by atoms with E-state index in [0.717, 1.165) is 12.8 Å². The number of hydrogen-bond donors (Lipinski definition) is 1. The molecule has 96 valence electrons. The van der Waals surface area contributed by atoms with Gasteiger partial charge in [-0.3, -0.25) is 0 Å². The zero-order chi connectivity index (χ0) is 12.4. The quantitative estimate of drug-likeness (QED) is 0.814. The zero-order valence-corrected chi connectivity index (χ0v) is 12.7. The van der Waals surface area contributed by atoms with Gasteiger partial charge in [-0.25, -0.2) is 13.1 Å². The lowest BCUT2D eigenvalue weighted by Gasteiger charge is -2.27. The van der Waals surface area contributed by atoms with Gasteiger partial charge in [-0.2, -0.15) is 0 Å². The first kappa shape index (κ1) is 14.5. The Bertz CT molecular complexity index is 321. The topological polar surface area (TPSA) is 46.2 Å². The molecule has 3 nitrogen and oxygen atoms in total. The number of halogens is 1. The second kappa shape index (κ2) is 5.36. The number of nitrogens with one attached hydrogen (secondary N) is 1. The van der Waals surface area contributed by atoms with Gasteiger partial charge in [0, 0.05) is 11.4 Å². The Morgan fingerprint density at radius 1 is 1.31 bits per heavy atom. The third kappa shape index (κ3) is 4.00. The van der Waals surface area contributed by atoms with Crippen molar-refractivity contribution in [3.05, 3.63) is 0 Å². The number of alkyl halides is 1. The monoisotopic (exact) mass is 311 g/mol. The Morgan fingerprint density at radius 3 is 2.44 bits per heavy atom. The van der Waals surface area contributed by atoms with E-state index in [1.54, 1.807) is 20.8 Å². The maximum absolute atomic E-state index is 11.9. The summed E-state index contributed by atoms with van der Waals surface area (Å²) < 4.78 is 25.7. The van der Waals surface area contributed by atoms with Gasteiger partial charge >= 0.3 is 0 Å². The molecule has 1 fully saturated rings. The predicted molar refractivity (Wildman–Crippen MR) is 71.3 cm³/mol. The second-order valence-corrected chi connectivity index (χ2v) is 9.41. The van der Waals surface area contributed by atoms with Crippen molar-refractivity contribution in [1.82, 2.24) is 4.72 Å². The summed E-state index contributed by atoms with van der Waals surface area (Å²) in [4.78, 5) is 0.561. The van der Waals surface area contributed by atoms with E-state index in [2.05, 4.69) is 20.7 Å². The van der Waals surface area contributed by atoms with Crippen molar-refractivity contribution in [2.75, 3.05) is 6.54 Å². The molecule has 1 aliphatic carbocycles. The molecule has 5 heteroatoms. The van der Waals surface area contributed by atoms with Gasteiger partial charge in [-0.1, -0.05) is 22.4 Å². The molecule has 0 aromatic carbocycles. The van der Waals surface area contributed by atoms with Gasteiger partial charge in [0.15, 0.2) is 0 Å². The highest BCUT2D eigenvalue weighted by molar-refractivity contribution is 9.09. The first-order chi connectivity index (χ1) is 7.22. The summed E-state index contributed by atoms with van der Waals surface area (Å²) in [6.07, 6.45) is 4.61. The summed E-state index contributed by atoms with van der Waals surface area (Å²) >= 11 is 3.61. The number of hydrogen-bond acceptors (Lipinski definition) is 2. The van der Waals surface area contributed by atoms with Gasteiger partial charge in [0.25, 0.3) is 0 Å². The van der Waals surface area contributed by atoms with E-state index in [0.29, 0.717) is 17.3 Å². The van der Waals surface area contributed by atoms with E-state index in [4.69, 9.17) is 0 Å². The summed E-state index contributed by atoms with van der Waals surface area (Å²) in [5.41, 5.74) is 0. The van der Waals surface area contributed by atoms with Crippen LogP contribution in [0.5, 0.6) is 0 Å². The fourth-order valence-electron chi connectivity index (χ4n) is 1.85. The summed E-state index contributed by atoms with van der Waals surface area (Å²) in [6, 6.07) is 0. The highest BCUT2D eigenvalue weighted by atomic mass is 79.9. The van der Waals surface area contributed by atoms with Crippen LogP contribution in [-0.2, 0) is 10.0 Å². The lowest BCUT2D eigenvalue weighted by molar-refractivity contribution is 0.366. The van der Waals surface area contributed by atoms with Gasteiger partial charge in [0.1, 0.15) is 0 Å². The summed E-state index contributed by atoms with van der Waals surface area (Å²) in [5.74, 6) is 0.482. The van der Waals surface area contributed by atoms with Crippen LogP contribution in [0.2, 0.25) is 0 Å². The Kier molecular flexibility index (Phi) is 4.84. The first-order valence-electron chi connectivity index (χ1n) is 5.85. The fraction of sp³-hybridized carbons (Fsp3) is 1.00. The van der Waals surface area contributed by atoms with Crippen molar-refractivity contribution in [3.63, 3.8) is 0 Å². The Balaban J connectivity index is 2.46. The molecule has 1 aliphatic rings.